The van der Waals surface area contributed by atoms with Crippen molar-refractivity contribution in [3.63, 3.8) is 0 Å². The van der Waals surface area contributed by atoms with Crippen molar-refractivity contribution in [2.45, 2.75) is 13.0 Å². The number of ether oxygens (including phenoxy) is 2. The van der Waals surface area contributed by atoms with Gasteiger partial charge in [0, 0.05) is 41.0 Å². The van der Waals surface area contributed by atoms with Gasteiger partial charge in [0.15, 0.2) is 11.6 Å². The maximum Gasteiger partial charge on any atom is 0.188 e. The predicted octanol–water partition coefficient (Wildman–Crippen LogP) is 5.61. The maximum atomic E-state index is 13.9. The summed E-state index contributed by atoms with van der Waals surface area (Å²) in [7, 11) is 0. The van der Waals surface area contributed by atoms with Crippen molar-refractivity contribution in [3.05, 3.63) is 76.0 Å². The van der Waals surface area contributed by atoms with Gasteiger partial charge in [0.2, 0.25) is 0 Å². The minimum atomic E-state index is -0.667. The summed E-state index contributed by atoms with van der Waals surface area (Å²) in [5.41, 5.74) is 9.70. The van der Waals surface area contributed by atoms with Gasteiger partial charge in [-0.25, -0.2) is 4.39 Å². The lowest BCUT2D eigenvalue weighted by Gasteiger charge is -2.30. The van der Waals surface area contributed by atoms with E-state index < -0.39 is 11.9 Å². The summed E-state index contributed by atoms with van der Waals surface area (Å²) >= 11 is 12.3. The first-order valence-electron chi connectivity index (χ1n) is 10.4. The van der Waals surface area contributed by atoms with Gasteiger partial charge in [-0.15, -0.1) is 10.2 Å². The number of morpholine rings is 1. The molecule has 2 N–H and O–H groups in total. The van der Waals surface area contributed by atoms with Crippen molar-refractivity contribution in [1.82, 2.24) is 15.1 Å². The SMILES string of the molecule is C=C(c1ccc(-c2cc(OC(C)c3c(Cl)ccc(F)c3Cl)c(N)nn2)cc1)N1CCOCC1. The van der Waals surface area contributed by atoms with Crippen LogP contribution in [-0.4, -0.2) is 41.4 Å². The van der Waals surface area contributed by atoms with E-state index in [1.165, 1.54) is 12.1 Å². The molecule has 1 fully saturated rings. The van der Waals surface area contributed by atoms with E-state index in [1.807, 2.05) is 24.3 Å². The van der Waals surface area contributed by atoms with Gasteiger partial charge in [0.25, 0.3) is 0 Å². The minimum absolute atomic E-state index is 0.0908. The van der Waals surface area contributed by atoms with E-state index in [2.05, 4.69) is 21.7 Å². The maximum absolute atomic E-state index is 13.9. The van der Waals surface area contributed by atoms with Gasteiger partial charge < -0.3 is 20.1 Å². The highest BCUT2D eigenvalue weighted by molar-refractivity contribution is 6.36. The zero-order valence-electron chi connectivity index (χ0n) is 18.0. The first kappa shape index (κ1) is 23.3. The first-order chi connectivity index (χ1) is 15.8. The van der Waals surface area contributed by atoms with Crippen molar-refractivity contribution < 1.29 is 13.9 Å². The fourth-order valence-electron chi connectivity index (χ4n) is 3.63. The van der Waals surface area contributed by atoms with Gasteiger partial charge in [-0.3, -0.25) is 0 Å². The number of aromatic nitrogens is 2. The molecule has 2 heterocycles. The second-order valence-electron chi connectivity index (χ2n) is 7.62. The average molecular weight is 489 g/mol. The van der Waals surface area contributed by atoms with Gasteiger partial charge in [0.1, 0.15) is 11.9 Å². The smallest absolute Gasteiger partial charge is 0.188 e. The van der Waals surface area contributed by atoms with Crippen LogP contribution in [0.4, 0.5) is 10.2 Å². The number of nitrogens with two attached hydrogens (primary N) is 1. The molecule has 0 aliphatic carbocycles. The van der Waals surface area contributed by atoms with E-state index in [-0.39, 0.29) is 10.8 Å². The Bertz CT molecular complexity index is 1170. The molecule has 9 heteroatoms. The lowest BCUT2D eigenvalue weighted by atomic mass is 10.1. The normalized spacial score (nSPS) is 14.7. The standard InChI is InChI=1S/C24H23Cl2FN4O2/c1-14(31-9-11-32-12-10-31)16-3-5-17(6-4-16)20-13-21(24(28)30-29-20)33-15(2)22-18(25)7-8-19(27)23(22)26/h3-8,13,15H,1,9-12H2,2H3,(H2,28,30). The monoisotopic (exact) mass is 488 g/mol. The van der Waals surface area contributed by atoms with Gasteiger partial charge in [-0.1, -0.05) is 54.0 Å². The third kappa shape index (κ3) is 5.05. The molecule has 0 spiro atoms. The van der Waals surface area contributed by atoms with Crippen molar-refractivity contribution in [3.8, 4) is 17.0 Å². The Hall–Kier alpha value is -2.87. The van der Waals surface area contributed by atoms with Gasteiger partial charge in [0.05, 0.1) is 23.9 Å². The number of nitrogens with zero attached hydrogens (tertiary/aromatic N) is 3. The molecule has 0 amide bonds. The van der Waals surface area contributed by atoms with E-state index in [0.717, 1.165) is 29.9 Å². The van der Waals surface area contributed by atoms with Crippen LogP contribution < -0.4 is 10.5 Å². The number of hydrogen-bond donors (Lipinski definition) is 1. The van der Waals surface area contributed by atoms with Crippen LogP contribution in [0.15, 0.2) is 49.0 Å². The fraction of sp³-hybridized carbons (Fsp3) is 0.250. The average Bonchev–Trinajstić information content (AvgIpc) is 2.83. The fourth-order valence-corrected chi connectivity index (χ4v) is 4.31. The summed E-state index contributed by atoms with van der Waals surface area (Å²) in [4.78, 5) is 2.21. The Balaban J connectivity index is 1.55. The number of benzene rings is 2. The summed E-state index contributed by atoms with van der Waals surface area (Å²) in [6.45, 7) is 8.97. The van der Waals surface area contributed by atoms with Crippen molar-refractivity contribution in [1.29, 1.82) is 0 Å². The molecule has 4 rings (SSSR count). The Kier molecular flexibility index (Phi) is 7.02. The molecule has 0 radical (unpaired) electrons. The molecule has 172 valence electrons. The summed E-state index contributed by atoms with van der Waals surface area (Å²) < 4.78 is 25.3. The zero-order valence-corrected chi connectivity index (χ0v) is 19.5. The van der Waals surface area contributed by atoms with Crippen LogP contribution in [0.5, 0.6) is 5.75 Å². The number of nitrogen functional groups attached to an aromatic ring is 1. The molecule has 6 nitrogen and oxygen atoms in total. The van der Waals surface area contributed by atoms with Gasteiger partial charge >= 0.3 is 0 Å². The summed E-state index contributed by atoms with van der Waals surface area (Å²) in [6, 6.07) is 12.2. The molecule has 1 aliphatic rings. The van der Waals surface area contributed by atoms with Crippen LogP contribution in [0, 0.1) is 5.82 Å². The molecule has 33 heavy (non-hydrogen) atoms. The van der Waals surface area contributed by atoms with E-state index in [4.69, 9.17) is 38.4 Å². The highest BCUT2D eigenvalue weighted by Crippen LogP contribution is 2.36. The van der Waals surface area contributed by atoms with Crippen LogP contribution in [0.25, 0.3) is 17.0 Å². The van der Waals surface area contributed by atoms with E-state index >= 15 is 0 Å². The number of rotatable bonds is 6. The lowest BCUT2D eigenvalue weighted by molar-refractivity contribution is 0.0641. The molecular weight excluding hydrogens is 466 g/mol. The lowest BCUT2D eigenvalue weighted by Crippen LogP contribution is -2.34. The van der Waals surface area contributed by atoms with Crippen molar-refractivity contribution in [2.75, 3.05) is 32.0 Å². The van der Waals surface area contributed by atoms with E-state index in [9.17, 15) is 4.39 Å². The first-order valence-corrected chi connectivity index (χ1v) is 11.2. The molecule has 1 saturated heterocycles. The molecule has 2 aromatic carbocycles. The summed E-state index contributed by atoms with van der Waals surface area (Å²) in [5.74, 6) is -0.177. The second-order valence-corrected chi connectivity index (χ2v) is 8.40. The predicted molar refractivity (Wildman–Crippen MR) is 129 cm³/mol. The Morgan fingerprint density at radius 2 is 1.85 bits per heavy atom. The molecule has 1 atom stereocenters. The molecule has 1 aliphatic heterocycles. The Morgan fingerprint density at radius 1 is 1.15 bits per heavy atom. The topological polar surface area (TPSA) is 73.5 Å². The largest absolute Gasteiger partial charge is 0.482 e. The second kappa shape index (κ2) is 9.95. The molecular formula is C24H23Cl2FN4O2. The Labute approximate surface area is 201 Å². The van der Waals surface area contributed by atoms with Crippen LogP contribution in [0.2, 0.25) is 10.0 Å². The quantitative estimate of drug-likeness (QED) is 0.454. The molecule has 0 bridgehead atoms. The number of hydrogen-bond acceptors (Lipinski definition) is 6. The van der Waals surface area contributed by atoms with Crippen molar-refractivity contribution in [2.24, 2.45) is 0 Å². The van der Waals surface area contributed by atoms with Crippen molar-refractivity contribution >= 4 is 34.7 Å². The van der Waals surface area contributed by atoms with Crippen LogP contribution in [0.3, 0.4) is 0 Å². The highest BCUT2D eigenvalue weighted by Gasteiger charge is 2.20. The highest BCUT2D eigenvalue weighted by atomic mass is 35.5. The summed E-state index contributed by atoms with van der Waals surface area (Å²) in [5, 5.41) is 8.41. The van der Waals surface area contributed by atoms with Gasteiger partial charge in [-0.2, -0.15) is 0 Å². The molecule has 3 aromatic rings. The van der Waals surface area contributed by atoms with Crippen LogP contribution in [-0.2, 0) is 4.74 Å². The zero-order chi connectivity index (χ0) is 23.5. The van der Waals surface area contributed by atoms with Gasteiger partial charge in [-0.05, 0) is 24.6 Å². The minimum Gasteiger partial charge on any atom is -0.482 e. The van der Waals surface area contributed by atoms with E-state index in [0.29, 0.717) is 35.2 Å². The molecule has 1 aromatic heterocycles. The number of halogens is 3. The van der Waals surface area contributed by atoms with Crippen LogP contribution in [0.1, 0.15) is 24.2 Å². The third-order valence-electron chi connectivity index (χ3n) is 5.48. The van der Waals surface area contributed by atoms with E-state index in [1.54, 1.807) is 13.0 Å². The van der Waals surface area contributed by atoms with Crippen LogP contribution >= 0.6 is 23.2 Å². The Morgan fingerprint density at radius 3 is 2.55 bits per heavy atom. The number of anilines is 1. The summed E-state index contributed by atoms with van der Waals surface area (Å²) in [6.07, 6.45) is -0.667. The third-order valence-corrected chi connectivity index (χ3v) is 6.20. The molecule has 1 unspecified atom stereocenters. The molecule has 0 saturated carbocycles.